The third-order valence-corrected chi connectivity index (χ3v) is 4.89. The van der Waals surface area contributed by atoms with Crippen molar-refractivity contribution < 1.29 is 0 Å². The van der Waals surface area contributed by atoms with Gasteiger partial charge in [0.1, 0.15) is 0 Å². The lowest BCUT2D eigenvalue weighted by atomic mass is 9.79. The van der Waals surface area contributed by atoms with E-state index in [0.29, 0.717) is 5.84 Å². The second-order valence-corrected chi connectivity index (χ2v) is 6.16. The zero-order chi connectivity index (χ0) is 12.3. The number of amidine groups is 1. The molecular formula is C14H27N3. The Bertz CT molecular complexity index is 259. The predicted octanol–water partition coefficient (Wildman–Crippen LogP) is 2.75. The third-order valence-electron chi connectivity index (χ3n) is 4.89. The molecule has 0 radical (unpaired) electrons. The van der Waals surface area contributed by atoms with Crippen molar-refractivity contribution in [2.45, 2.75) is 64.3 Å². The number of likely N-dealkylation sites (tertiary alicyclic amines) is 1. The van der Waals surface area contributed by atoms with E-state index in [1.807, 2.05) is 0 Å². The van der Waals surface area contributed by atoms with Crippen LogP contribution in [0.25, 0.3) is 0 Å². The Hall–Kier alpha value is -0.570. The fourth-order valence-corrected chi connectivity index (χ4v) is 3.27. The van der Waals surface area contributed by atoms with Crippen molar-refractivity contribution in [2.75, 3.05) is 13.1 Å². The van der Waals surface area contributed by atoms with E-state index in [1.54, 1.807) is 0 Å². The predicted molar refractivity (Wildman–Crippen MR) is 72.3 cm³/mol. The van der Waals surface area contributed by atoms with E-state index in [-0.39, 0.29) is 5.41 Å². The van der Waals surface area contributed by atoms with Crippen LogP contribution in [0.5, 0.6) is 0 Å². The number of hydrogen-bond acceptors (Lipinski definition) is 2. The average Bonchev–Trinajstić information content (AvgIpc) is 2.58. The van der Waals surface area contributed by atoms with Crippen LogP contribution in [0.3, 0.4) is 0 Å². The highest BCUT2D eigenvalue weighted by Gasteiger charge is 2.34. The summed E-state index contributed by atoms with van der Waals surface area (Å²) in [5.41, 5.74) is 5.69. The van der Waals surface area contributed by atoms with E-state index in [1.165, 1.54) is 38.5 Å². The minimum atomic E-state index is -0.0266. The minimum absolute atomic E-state index is 0.0266. The summed E-state index contributed by atoms with van der Waals surface area (Å²) >= 11 is 0. The molecule has 2 rings (SSSR count). The van der Waals surface area contributed by atoms with Gasteiger partial charge < -0.3 is 10.6 Å². The van der Waals surface area contributed by atoms with Gasteiger partial charge in [-0.15, -0.1) is 0 Å². The summed E-state index contributed by atoms with van der Waals surface area (Å²) in [5.74, 6) is 0.387. The van der Waals surface area contributed by atoms with Crippen molar-refractivity contribution in [1.29, 1.82) is 5.41 Å². The van der Waals surface area contributed by atoms with E-state index < -0.39 is 0 Å². The maximum absolute atomic E-state index is 7.69. The molecule has 0 spiro atoms. The van der Waals surface area contributed by atoms with Gasteiger partial charge in [-0.3, -0.25) is 5.41 Å². The van der Waals surface area contributed by atoms with Crippen LogP contribution in [0.1, 0.15) is 58.3 Å². The normalized spacial score (nSPS) is 27.6. The molecular weight excluding hydrogens is 210 g/mol. The van der Waals surface area contributed by atoms with E-state index >= 15 is 0 Å². The van der Waals surface area contributed by atoms with Crippen LogP contribution in [-0.2, 0) is 0 Å². The van der Waals surface area contributed by atoms with Crippen molar-refractivity contribution in [3.8, 4) is 0 Å². The van der Waals surface area contributed by atoms with Crippen LogP contribution in [0, 0.1) is 10.8 Å². The Labute approximate surface area is 105 Å². The van der Waals surface area contributed by atoms with Crippen molar-refractivity contribution >= 4 is 5.84 Å². The van der Waals surface area contributed by atoms with E-state index in [4.69, 9.17) is 11.1 Å². The van der Waals surface area contributed by atoms with Crippen LogP contribution in [0.15, 0.2) is 0 Å². The van der Waals surface area contributed by atoms with Crippen molar-refractivity contribution in [3.63, 3.8) is 0 Å². The maximum atomic E-state index is 7.69. The zero-order valence-electron chi connectivity index (χ0n) is 11.2. The van der Waals surface area contributed by atoms with Gasteiger partial charge in [-0.25, -0.2) is 0 Å². The van der Waals surface area contributed by atoms with Gasteiger partial charge in [-0.05, 0) is 38.8 Å². The van der Waals surface area contributed by atoms with Gasteiger partial charge in [-0.1, -0.05) is 32.6 Å². The first-order valence-corrected chi connectivity index (χ1v) is 7.20. The fourth-order valence-electron chi connectivity index (χ4n) is 3.27. The fraction of sp³-hybridized carbons (Fsp3) is 0.929. The molecule has 1 saturated heterocycles. The number of rotatable bonds is 2. The number of nitrogens with one attached hydrogen (secondary N) is 1. The lowest BCUT2D eigenvalue weighted by molar-refractivity contribution is 0.107. The summed E-state index contributed by atoms with van der Waals surface area (Å²) < 4.78 is 0. The molecule has 0 amide bonds. The van der Waals surface area contributed by atoms with Crippen molar-refractivity contribution in [3.05, 3.63) is 0 Å². The molecule has 1 saturated carbocycles. The summed E-state index contributed by atoms with van der Waals surface area (Å²) in [6, 6.07) is 0.814. The van der Waals surface area contributed by atoms with Gasteiger partial charge in [0.05, 0.1) is 5.84 Å². The number of hydrogen-bond donors (Lipinski definition) is 2. The van der Waals surface area contributed by atoms with Gasteiger partial charge in [0.15, 0.2) is 0 Å². The molecule has 0 aromatic heterocycles. The molecule has 2 aliphatic rings. The molecule has 3 nitrogen and oxygen atoms in total. The molecule has 1 aliphatic carbocycles. The first-order chi connectivity index (χ1) is 8.12. The molecule has 0 unspecified atom stereocenters. The Morgan fingerprint density at radius 2 is 1.65 bits per heavy atom. The molecule has 0 bridgehead atoms. The van der Waals surface area contributed by atoms with Crippen molar-refractivity contribution in [2.24, 2.45) is 11.1 Å². The largest absolute Gasteiger partial charge is 0.387 e. The first kappa shape index (κ1) is 12.9. The summed E-state index contributed by atoms with van der Waals surface area (Å²) in [6.45, 7) is 4.43. The molecule has 0 atom stereocenters. The highest BCUT2D eigenvalue weighted by atomic mass is 15.2. The minimum Gasteiger partial charge on any atom is -0.387 e. The van der Waals surface area contributed by atoms with Gasteiger partial charge >= 0.3 is 0 Å². The maximum Gasteiger partial charge on any atom is 0.0966 e. The Kier molecular flexibility index (Phi) is 4.08. The Balaban J connectivity index is 1.87. The molecule has 1 heterocycles. The quantitative estimate of drug-likeness (QED) is 0.441. The molecule has 17 heavy (non-hydrogen) atoms. The molecule has 2 fully saturated rings. The molecule has 0 aromatic carbocycles. The topological polar surface area (TPSA) is 53.1 Å². The molecule has 98 valence electrons. The molecule has 1 aliphatic heterocycles. The lowest BCUT2D eigenvalue weighted by Gasteiger charge is -2.42. The smallest absolute Gasteiger partial charge is 0.0966 e. The first-order valence-electron chi connectivity index (χ1n) is 7.20. The SMILES string of the molecule is CC1(C(=N)N)CCN(C2CCCCCC2)CC1. The third kappa shape index (κ3) is 3.01. The summed E-state index contributed by atoms with van der Waals surface area (Å²) in [4.78, 5) is 2.66. The highest BCUT2D eigenvalue weighted by Crippen LogP contribution is 2.33. The summed E-state index contributed by atoms with van der Waals surface area (Å²) in [6.07, 6.45) is 10.6. The van der Waals surface area contributed by atoms with Gasteiger partial charge in [0.2, 0.25) is 0 Å². The summed E-state index contributed by atoms with van der Waals surface area (Å²) in [7, 11) is 0. The van der Waals surface area contributed by atoms with Gasteiger partial charge in [0.25, 0.3) is 0 Å². The summed E-state index contributed by atoms with van der Waals surface area (Å²) in [5, 5.41) is 7.69. The standard InChI is InChI=1S/C14H27N3/c1-14(13(15)16)8-10-17(11-9-14)12-6-4-2-3-5-7-12/h12H,2-11H2,1H3,(H3,15,16). The van der Waals surface area contributed by atoms with Crippen LogP contribution in [0.4, 0.5) is 0 Å². The Morgan fingerprint density at radius 3 is 2.12 bits per heavy atom. The number of nitrogens with zero attached hydrogens (tertiary/aromatic N) is 1. The zero-order valence-corrected chi connectivity index (χ0v) is 11.2. The van der Waals surface area contributed by atoms with Crippen LogP contribution in [-0.4, -0.2) is 29.9 Å². The van der Waals surface area contributed by atoms with E-state index in [0.717, 1.165) is 32.0 Å². The van der Waals surface area contributed by atoms with Gasteiger partial charge in [-0.2, -0.15) is 0 Å². The molecule has 0 aromatic rings. The second kappa shape index (κ2) is 5.38. The van der Waals surface area contributed by atoms with Crippen LogP contribution in [0.2, 0.25) is 0 Å². The lowest BCUT2D eigenvalue weighted by Crippen LogP contribution is -2.48. The van der Waals surface area contributed by atoms with E-state index in [2.05, 4.69) is 11.8 Å². The van der Waals surface area contributed by atoms with E-state index in [9.17, 15) is 0 Å². The molecule has 3 heteroatoms. The monoisotopic (exact) mass is 237 g/mol. The Morgan fingerprint density at radius 1 is 1.12 bits per heavy atom. The number of piperidine rings is 1. The van der Waals surface area contributed by atoms with Crippen molar-refractivity contribution in [1.82, 2.24) is 4.90 Å². The van der Waals surface area contributed by atoms with Gasteiger partial charge in [0, 0.05) is 11.5 Å². The second-order valence-electron chi connectivity index (χ2n) is 6.16. The average molecular weight is 237 g/mol. The highest BCUT2D eigenvalue weighted by molar-refractivity contribution is 5.83. The van der Waals surface area contributed by atoms with Crippen LogP contribution >= 0.6 is 0 Å². The van der Waals surface area contributed by atoms with Crippen LogP contribution < -0.4 is 5.73 Å². The number of nitrogens with two attached hydrogens (primary N) is 1. The molecule has 3 N–H and O–H groups in total.